The van der Waals surface area contributed by atoms with Crippen molar-refractivity contribution in [3.63, 3.8) is 0 Å². The summed E-state index contributed by atoms with van der Waals surface area (Å²) in [5.41, 5.74) is -0.211. The molecule has 2 aliphatic rings. The third-order valence-corrected chi connectivity index (χ3v) is 6.63. The second kappa shape index (κ2) is 6.38. The molecule has 0 spiro atoms. The number of hydrogen-bond acceptors (Lipinski definition) is 4. The van der Waals surface area contributed by atoms with Gasteiger partial charge in [-0.25, -0.2) is 0 Å². The van der Waals surface area contributed by atoms with Crippen molar-refractivity contribution in [1.82, 2.24) is 4.72 Å². The van der Waals surface area contributed by atoms with Gasteiger partial charge in [0.25, 0.3) is 0 Å². The Morgan fingerprint density at radius 1 is 1.21 bits per heavy atom. The number of carbonyl (C=O) groups is 1. The highest BCUT2D eigenvalue weighted by Crippen LogP contribution is 2.55. The minimum absolute atomic E-state index is 0.0116. The van der Waals surface area contributed by atoms with Crippen molar-refractivity contribution < 1.29 is 4.79 Å². The fourth-order valence-corrected chi connectivity index (χ4v) is 5.34. The summed E-state index contributed by atoms with van der Waals surface area (Å²) in [6.45, 7) is 6.23. The lowest BCUT2D eigenvalue weighted by atomic mass is 9.52. The molecule has 0 aliphatic heterocycles. The Labute approximate surface area is 148 Å². The highest BCUT2D eigenvalue weighted by Gasteiger charge is 2.53. The first-order valence-electron chi connectivity index (χ1n) is 8.52. The zero-order chi connectivity index (χ0) is 17.4. The number of carbonyl (C=O) groups excluding carboxylic acids is 1. The third-order valence-electron chi connectivity index (χ3n) is 5.67. The number of fused-ring (bicyclic) bond motifs is 1. The summed E-state index contributed by atoms with van der Waals surface area (Å²) in [6.07, 6.45) is 4.98. The molecule has 1 N–H and O–H groups in total. The second-order valence-electron chi connectivity index (χ2n) is 7.79. The molecular weight excluding hydrogens is 316 g/mol. The maximum atomic E-state index is 12.6. The van der Waals surface area contributed by atoms with E-state index in [1.54, 1.807) is 11.9 Å². The monoisotopic (exact) mass is 340 g/mol. The van der Waals surface area contributed by atoms with Crippen molar-refractivity contribution in [2.75, 3.05) is 0 Å². The summed E-state index contributed by atoms with van der Waals surface area (Å²) >= 11 is 1.67. The minimum Gasteiger partial charge on any atom is -0.293 e. The number of benzene rings is 1. The number of ketones is 1. The molecule has 1 aromatic rings. The van der Waals surface area contributed by atoms with E-state index >= 15 is 0 Å². The van der Waals surface area contributed by atoms with Crippen LogP contribution in [0.25, 0.3) is 0 Å². The average Bonchev–Trinajstić information content (AvgIpc) is 2.57. The summed E-state index contributed by atoms with van der Waals surface area (Å²) in [6, 6.07) is 12.8. The van der Waals surface area contributed by atoms with Crippen molar-refractivity contribution in [3.05, 3.63) is 42.0 Å². The lowest BCUT2D eigenvalue weighted by Gasteiger charge is -2.52. The SMILES string of the molecule is CC12C=C(C#N)C(=O)C(C)(C)C1CCC(NSc1ccccc1)C2. The van der Waals surface area contributed by atoms with Gasteiger partial charge < -0.3 is 0 Å². The number of rotatable bonds is 3. The van der Waals surface area contributed by atoms with Crippen LogP contribution in [0.5, 0.6) is 0 Å². The van der Waals surface area contributed by atoms with E-state index in [9.17, 15) is 10.1 Å². The van der Waals surface area contributed by atoms with Crippen molar-refractivity contribution in [3.8, 4) is 6.07 Å². The van der Waals surface area contributed by atoms with E-state index < -0.39 is 5.41 Å². The van der Waals surface area contributed by atoms with Crippen molar-refractivity contribution in [2.45, 2.75) is 51.0 Å². The van der Waals surface area contributed by atoms with Crippen molar-refractivity contribution in [1.29, 1.82) is 5.26 Å². The highest BCUT2D eigenvalue weighted by atomic mass is 32.2. The molecule has 3 atom stereocenters. The van der Waals surface area contributed by atoms with Crippen LogP contribution in [0, 0.1) is 28.1 Å². The van der Waals surface area contributed by atoms with E-state index in [-0.39, 0.29) is 11.2 Å². The zero-order valence-corrected chi connectivity index (χ0v) is 15.3. The fourth-order valence-electron chi connectivity index (χ4n) is 4.54. The van der Waals surface area contributed by atoms with E-state index in [0.29, 0.717) is 17.5 Å². The molecule has 0 aromatic heterocycles. The summed E-state index contributed by atoms with van der Waals surface area (Å²) in [7, 11) is 0. The first-order valence-corrected chi connectivity index (χ1v) is 9.33. The minimum atomic E-state index is -0.452. The Kier molecular flexibility index (Phi) is 4.59. The first-order chi connectivity index (χ1) is 11.4. The van der Waals surface area contributed by atoms with Gasteiger partial charge in [0.15, 0.2) is 5.78 Å². The molecule has 4 heteroatoms. The molecule has 24 heavy (non-hydrogen) atoms. The van der Waals surface area contributed by atoms with E-state index in [0.717, 1.165) is 19.3 Å². The Morgan fingerprint density at radius 3 is 2.58 bits per heavy atom. The molecule has 0 heterocycles. The summed E-state index contributed by atoms with van der Waals surface area (Å²) < 4.78 is 3.59. The Balaban J connectivity index is 1.77. The van der Waals surface area contributed by atoms with E-state index in [1.807, 2.05) is 38.1 Å². The van der Waals surface area contributed by atoms with Gasteiger partial charge in [-0.1, -0.05) is 45.0 Å². The smallest absolute Gasteiger partial charge is 0.178 e. The van der Waals surface area contributed by atoms with Gasteiger partial charge in [0.05, 0.1) is 5.57 Å². The van der Waals surface area contributed by atoms with Gasteiger partial charge in [0.1, 0.15) is 6.07 Å². The van der Waals surface area contributed by atoms with Gasteiger partial charge in [-0.05, 0) is 54.7 Å². The number of Topliss-reactive ketones (excluding diaryl/α,β-unsaturated/α-hetero) is 1. The first kappa shape index (κ1) is 17.3. The second-order valence-corrected chi connectivity index (χ2v) is 8.70. The summed E-state index contributed by atoms with van der Waals surface area (Å²) in [5.74, 6) is 0.312. The van der Waals surface area contributed by atoms with Gasteiger partial charge >= 0.3 is 0 Å². The average molecular weight is 340 g/mol. The molecule has 0 saturated heterocycles. The number of hydrogen-bond donors (Lipinski definition) is 1. The predicted molar refractivity (Wildman–Crippen MR) is 97.2 cm³/mol. The Bertz CT molecular complexity index is 704. The molecule has 1 aromatic carbocycles. The molecule has 1 saturated carbocycles. The lowest BCUT2D eigenvalue weighted by Crippen LogP contribution is -2.51. The van der Waals surface area contributed by atoms with Crippen LogP contribution in [0.3, 0.4) is 0 Å². The molecule has 3 rings (SSSR count). The van der Waals surface area contributed by atoms with Crippen LogP contribution in [0.15, 0.2) is 46.9 Å². The van der Waals surface area contributed by atoms with E-state index in [2.05, 4.69) is 29.8 Å². The highest BCUT2D eigenvalue weighted by molar-refractivity contribution is 7.97. The van der Waals surface area contributed by atoms with Gasteiger partial charge in [-0.2, -0.15) is 5.26 Å². The van der Waals surface area contributed by atoms with Crippen LogP contribution in [-0.4, -0.2) is 11.8 Å². The van der Waals surface area contributed by atoms with Crippen LogP contribution in [0.4, 0.5) is 0 Å². The van der Waals surface area contributed by atoms with Gasteiger partial charge in [0.2, 0.25) is 0 Å². The number of nitrogens with one attached hydrogen (secondary N) is 1. The Hall–Kier alpha value is -1.57. The maximum Gasteiger partial charge on any atom is 0.178 e. The van der Waals surface area contributed by atoms with Crippen LogP contribution in [0.2, 0.25) is 0 Å². The molecule has 3 unspecified atom stereocenters. The third kappa shape index (κ3) is 3.03. The fraction of sp³-hybridized carbons (Fsp3) is 0.500. The Morgan fingerprint density at radius 2 is 1.92 bits per heavy atom. The van der Waals surface area contributed by atoms with E-state index in [4.69, 9.17) is 0 Å². The summed E-state index contributed by atoms with van der Waals surface area (Å²) in [5, 5.41) is 9.36. The normalized spacial score (nSPS) is 31.8. The zero-order valence-electron chi connectivity index (χ0n) is 14.5. The van der Waals surface area contributed by atoms with Crippen LogP contribution in [0.1, 0.15) is 40.0 Å². The van der Waals surface area contributed by atoms with Crippen molar-refractivity contribution in [2.24, 2.45) is 16.7 Å². The number of nitriles is 1. The quantitative estimate of drug-likeness (QED) is 0.822. The maximum absolute atomic E-state index is 12.6. The van der Waals surface area contributed by atoms with Crippen LogP contribution >= 0.6 is 11.9 Å². The molecule has 0 radical (unpaired) electrons. The van der Waals surface area contributed by atoms with Crippen molar-refractivity contribution >= 4 is 17.7 Å². The van der Waals surface area contributed by atoms with Crippen LogP contribution < -0.4 is 4.72 Å². The van der Waals surface area contributed by atoms with Crippen LogP contribution in [-0.2, 0) is 4.79 Å². The molecule has 0 amide bonds. The van der Waals surface area contributed by atoms with Gasteiger partial charge in [-0.3, -0.25) is 9.52 Å². The topological polar surface area (TPSA) is 52.9 Å². The molecule has 3 nitrogen and oxygen atoms in total. The molecular formula is C20H24N2OS. The molecule has 126 valence electrons. The summed E-state index contributed by atoms with van der Waals surface area (Å²) in [4.78, 5) is 13.8. The molecule has 2 aliphatic carbocycles. The standard InChI is InChI=1S/C20H24N2OS/c1-19(2)17-10-9-15(22-24-16-7-5-4-6-8-16)12-20(17,3)11-14(13-21)18(19)23/h4-8,11,15,17,22H,9-10,12H2,1-3H3. The number of nitrogens with zero attached hydrogens (tertiary/aromatic N) is 1. The van der Waals surface area contributed by atoms with E-state index in [1.165, 1.54) is 4.90 Å². The van der Waals surface area contributed by atoms with Gasteiger partial charge in [0, 0.05) is 16.4 Å². The van der Waals surface area contributed by atoms with Gasteiger partial charge in [-0.15, -0.1) is 0 Å². The molecule has 0 bridgehead atoms. The molecule has 1 fully saturated rings. The lowest BCUT2D eigenvalue weighted by molar-refractivity contribution is -0.131. The largest absolute Gasteiger partial charge is 0.293 e. The predicted octanol–water partition coefficient (Wildman–Crippen LogP) is 4.52. The number of allylic oxidation sites excluding steroid dienone is 2.